The maximum atomic E-state index is 13.2. The van der Waals surface area contributed by atoms with Gasteiger partial charge >= 0.3 is 0 Å². The Hall–Kier alpha value is -1.46. The topological polar surface area (TPSA) is 49.3 Å². The molecule has 3 nitrogen and oxygen atoms in total. The van der Waals surface area contributed by atoms with E-state index in [0.29, 0.717) is 17.3 Å². The lowest BCUT2D eigenvalue weighted by molar-refractivity contribution is 0.0914. The molecule has 2 aromatic rings. The molecule has 1 amide bonds. The Morgan fingerprint density at radius 1 is 1.29 bits per heavy atom. The van der Waals surface area contributed by atoms with E-state index in [1.165, 1.54) is 23.5 Å². The normalized spacial score (nSPS) is 22.4. The molecule has 2 N–H and O–H groups in total. The number of amides is 1. The molecular formula is C16H18FNO2S. The molecule has 0 atom stereocenters. The summed E-state index contributed by atoms with van der Waals surface area (Å²) in [7, 11) is 0. The summed E-state index contributed by atoms with van der Waals surface area (Å²) in [6.07, 6.45) is 3.39. The molecule has 0 unspecified atom stereocenters. The molecule has 0 saturated heterocycles. The first-order chi connectivity index (χ1) is 10.1. The molecule has 0 aliphatic heterocycles. The first kappa shape index (κ1) is 14.5. The zero-order valence-corrected chi connectivity index (χ0v) is 12.5. The van der Waals surface area contributed by atoms with Crippen molar-refractivity contribution in [3.05, 3.63) is 35.0 Å². The minimum absolute atomic E-state index is 0.0947. The van der Waals surface area contributed by atoms with Crippen LogP contribution in [0.25, 0.3) is 10.1 Å². The Balaban J connectivity index is 1.61. The Morgan fingerprint density at radius 3 is 2.81 bits per heavy atom. The molecule has 0 bridgehead atoms. The first-order valence-electron chi connectivity index (χ1n) is 7.27. The number of hydrogen-bond acceptors (Lipinski definition) is 3. The number of benzene rings is 1. The average Bonchev–Trinajstić information content (AvgIpc) is 2.89. The molecule has 1 fully saturated rings. The zero-order valence-electron chi connectivity index (χ0n) is 11.6. The molecule has 0 spiro atoms. The van der Waals surface area contributed by atoms with Crippen molar-refractivity contribution in [2.24, 2.45) is 5.92 Å². The van der Waals surface area contributed by atoms with E-state index in [2.05, 4.69) is 5.32 Å². The number of fused-ring (bicyclic) bond motifs is 1. The lowest BCUT2D eigenvalue weighted by Gasteiger charge is -2.25. The number of carbonyl (C=O) groups is 1. The van der Waals surface area contributed by atoms with E-state index >= 15 is 0 Å². The van der Waals surface area contributed by atoms with Crippen molar-refractivity contribution in [3.63, 3.8) is 0 Å². The summed E-state index contributed by atoms with van der Waals surface area (Å²) in [5, 5.41) is 13.2. The SMILES string of the molecule is O=C(NCC1CCC(O)CC1)c1cc2cc(F)ccc2s1. The van der Waals surface area contributed by atoms with E-state index < -0.39 is 0 Å². The fourth-order valence-corrected chi connectivity index (χ4v) is 3.76. The van der Waals surface area contributed by atoms with E-state index in [9.17, 15) is 14.3 Å². The number of thiophene rings is 1. The van der Waals surface area contributed by atoms with Crippen molar-refractivity contribution in [2.75, 3.05) is 6.54 Å². The number of aliphatic hydroxyl groups excluding tert-OH is 1. The van der Waals surface area contributed by atoms with Gasteiger partial charge in [-0.05, 0) is 61.3 Å². The quantitative estimate of drug-likeness (QED) is 0.914. The van der Waals surface area contributed by atoms with Crippen LogP contribution in [0.3, 0.4) is 0 Å². The van der Waals surface area contributed by atoms with Crippen LogP contribution in [0.1, 0.15) is 35.4 Å². The third-order valence-corrected chi connectivity index (χ3v) is 5.18. The van der Waals surface area contributed by atoms with E-state index in [1.807, 2.05) is 0 Å². The Labute approximate surface area is 126 Å². The average molecular weight is 307 g/mol. The molecule has 0 radical (unpaired) electrons. The van der Waals surface area contributed by atoms with Gasteiger partial charge in [-0.25, -0.2) is 4.39 Å². The van der Waals surface area contributed by atoms with Gasteiger partial charge in [0.15, 0.2) is 0 Å². The maximum Gasteiger partial charge on any atom is 0.261 e. The summed E-state index contributed by atoms with van der Waals surface area (Å²) in [6.45, 7) is 0.647. The van der Waals surface area contributed by atoms with Crippen molar-refractivity contribution in [1.29, 1.82) is 0 Å². The van der Waals surface area contributed by atoms with Crippen LogP contribution >= 0.6 is 11.3 Å². The van der Waals surface area contributed by atoms with Crippen LogP contribution in [-0.4, -0.2) is 23.7 Å². The van der Waals surface area contributed by atoms with E-state index in [1.54, 1.807) is 12.1 Å². The summed E-state index contributed by atoms with van der Waals surface area (Å²) in [4.78, 5) is 12.8. The van der Waals surface area contributed by atoms with Gasteiger partial charge in [-0.2, -0.15) is 0 Å². The van der Waals surface area contributed by atoms with Gasteiger partial charge in [0.1, 0.15) is 5.82 Å². The van der Waals surface area contributed by atoms with Crippen molar-refractivity contribution in [3.8, 4) is 0 Å². The van der Waals surface area contributed by atoms with E-state index in [0.717, 1.165) is 35.8 Å². The fourth-order valence-electron chi connectivity index (χ4n) is 2.80. The number of hydrogen-bond donors (Lipinski definition) is 2. The summed E-state index contributed by atoms with van der Waals surface area (Å²) in [6, 6.07) is 6.30. The summed E-state index contributed by atoms with van der Waals surface area (Å²) < 4.78 is 14.1. The van der Waals surface area contributed by atoms with Gasteiger partial charge in [0, 0.05) is 11.2 Å². The molecule has 1 aliphatic rings. The van der Waals surface area contributed by atoms with Gasteiger partial charge in [0.05, 0.1) is 11.0 Å². The number of carbonyl (C=O) groups excluding carboxylic acids is 1. The minimum atomic E-state index is -0.284. The second-order valence-corrected chi connectivity index (χ2v) is 6.76. The van der Waals surface area contributed by atoms with Crippen LogP contribution in [-0.2, 0) is 0 Å². The second kappa shape index (κ2) is 6.12. The molecule has 1 aliphatic carbocycles. The predicted molar refractivity (Wildman–Crippen MR) is 82.1 cm³/mol. The predicted octanol–water partition coefficient (Wildman–Crippen LogP) is 3.32. The monoisotopic (exact) mass is 307 g/mol. The molecule has 1 saturated carbocycles. The Kier molecular flexibility index (Phi) is 4.22. The molecule has 1 aromatic carbocycles. The van der Waals surface area contributed by atoms with Crippen LogP contribution in [0.15, 0.2) is 24.3 Å². The van der Waals surface area contributed by atoms with E-state index in [-0.39, 0.29) is 17.8 Å². The van der Waals surface area contributed by atoms with Gasteiger partial charge in [-0.1, -0.05) is 0 Å². The van der Waals surface area contributed by atoms with Gasteiger partial charge in [0.2, 0.25) is 0 Å². The van der Waals surface area contributed by atoms with Crippen molar-refractivity contribution < 1.29 is 14.3 Å². The van der Waals surface area contributed by atoms with Gasteiger partial charge < -0.3 is 10.4 Å². The highest BCUT2D eigenvalue weighted by molar-refractivity contribution is 7.20. The Morgan fingerprint density at radius 2 is 2.05 bits per heavy atom. The zero-order chi connectivity index (χ0) is 14.8. The maximum absolute atomic E-state index is 13.2. The highest BCUT2D eigenvalue weighted by Gasteiger charge is 2.20. The van der Waals surface area contributed by atoms with E-state index in [4.69, 9.17) is 0 Å². The van der Waals surface area contributed by atoms with Crippen molar-refractivity contribution in [1.82, 2.24) is 5.32 Å². The highest BCUT2D eigenvalue weighted by Crippen LogP contribution is 2.27. The summed E-state index contributed by atoms with van der Waals surface area (Å²) in [5.74, 6) is 0.0694. The number of halogens is 1. The molecule has 112 valence electrons. The third-order valence-electron chi connectivity index (χ3n) is 4.07. The van der Waals surface area contributed by atoms with Crippen LogP contribution in [0, 0.1) is 11.7 Å². The molecule has 3 rings (SSSR count). The van der Waals surface area contributed by atoms with Crippen molar-refractivity contribution in [2.45, 2.75) is 31.8 Å². The minimum Gasteiger partial charge on any atom is -0.393 e. The number of aliphatic hydroxyl groups is 1. The van der Waals surface area contributed by atoms with Gasteiger partial charge in [-0.3, -0.25) is 4.79 Å². The summed E-state index contributed by atoms with van der Waals surface area (Å²) >= 11 is 1.38. The molecule has 21 heavy (non-hydrogen) atoms. The fraction of sp³-hybridized carbons (Fsp3) is 0.438. The van der Waals surface area contributed by atoms with Gasteiger partial charge in [-0.15, -0.1) is 11.3 Å². The molecule has 1 aromatic heterocycles. The highest BCUT2D eigenvalue weighted by atomic mass is 32.1. The van der Waals surface area contributed by atoms with Crippen LogP contribution in [0.2, 0.25) is 0 Å². The van der Waals surface area contributed by atoms with Crippen LogP contribution in [0.5, 0.6) is 0 Å². The standard InChI is InChI=1S/C16H18FNO2S/c17-12-3-6-14-11(7-12)8-15(21-14)16(20)18-9-10-1-4-13(19)5-2-10/h3,6-8,10,13,19H,1-2,4-5,9H2,(H,18,20). The largest absolute Gasteiger partial charge is 0.393 e. The Bertz CT molecular complexity index is 647. The van der Waals surface area contributed by atoms with Gasteiger partial charge in [0.25, 0.3) is 5.91 Å². The smallest absolute Gasteiger partial charge is 0.261 e. The molecule has 1 heterocycles. The third kappa shape index (κ3) is 3.41. The van der Waals surface area contributed by atoms with Crippen LogP contribution < -0.4 is 5.32 Å². The number of rotatable bonds is 3. The first-order valence-corrected chi connectivity index (χ1v) is 8.09. The van der Waals surface area contributed by atoms with Crippen molar-refractivity contribution >= 4 is 27.3 Å². The lowest BCUT2D eigenvalue weighted by Crippen LogP contribution is -2.31. The second-order valence-electron chi connectivity index (χ2n) is 5.68. The lowest BCUT2D eigenvalue weighted by atomic mass is 9.87. The van der Waals surface area contributed by atoms with Crippen LogP contribution in [0.4, 0.5) is 4.39 Å². The molecular weight excluding hydrogens is 289 g/mol. The molecule has 5 heteroatoms. The summed E-state index contributed by atoms with van der Waals surface area (Å²) in [5.41, 5.74) is 0. The number of nitrogens with one attached hydrogen (secondary N) is 1.